The van der Waals surface area contributed by atoms with Crippen LogP contribution in [0.15, 0.2) is 0 Å². The minimum absolute atomic E-state index is 0.0858. The van der Waals surface area contributed by atoms with Crippen molar-refractivity contribution in [2.75, 3.05) is 32.8 Å². The van der Waals surface area contributed by atoms with Gasteiger partial charge >= 0.3 is 12.0 Å². The van der Waals surface area contributed by atoms with Gasteiger partial charge in [-0.2, -0.15) is 0 Å². The minimum atomic E-state index is -0.942. The summed E-state index contributed by atoms with van der Waals surface area (Å²) in [6.45, 7) is 6.63. The Morgan fingerprint density at radius 3 is 2.48 bits per heavy atom. The van der Waals surface area contributed by atoms with Crippen molar-refractivity contribution in [1.29, 1.82) is 0 Å². The largest absolute Gasteiger partial charge is 0.481 e. The topological polar surface area (TPSA) is 108 Å². The molecule has 3 amide bonds. The monoisotopic (exact) mass is 329 g/mol. The average molecular weight is 329 g/mol. The fourth-order valence-electron chi connectivity index (χ4n) is 1.99. The second kappa shape index (κ2) is 10.0. The number of hydrogen-bond donors (Lipinski definition) is 3. The lowest BCUT2D eigenvalue weighted by molar-refractivity contribution is -0.136. The fraction of sp³-hybridized carbons (Fsp3) is 0.800. The van der Waals surface area contributed by atoms with Crippen LogP contribution in [-0.2, 0) is 14.3 Å². The second-order valence-corrected chi connectivity index (χ2v) is 6.08. The Morgan fingerprint density at radius 2 is 1.87 bits per heavy atom. The molecule has 23 heavy (non-hydrogen) atoms. The molecule has 1 saturated heterocycles. The van der Waals surface area contributed by atoms with Gasteiger partial charge in [0.05, 0.1) is 25.6 Å². The molecule has 0 aromatic heterocycles. The summed E-state index contributed by atoms with van der Waals surface area (Å²) in [5, 5.41) is 13.7. The summed E-state index contributed by atoms with van der Waals surface area (Å²) in [5.41, 5.74) is 0. The number of nitrogens with zero attached hydrogens (tertiary/aromatic N) is 1. The zero-order valence-electron chi connectivity index (χ0n) is 13.8. The second-order valence-electron chi connectivity index (χ2n) is 6.08. The van der Waals surface area contributed by atoms with Crippen LogP contribution in [0.25, 0.3) is 0 Å². The third-order valence-electron chi connectivity index (χ3n) is 3.32. The van der Waals surface area contributed by atoms with E-state index in [0.29, 0.717) is 38.6 Å². The van der Waals surface area contributed by atoms with E-state index in [1.807, 2.05) is 0 Å². The molecule has 0 saturated carbocycles. The number of carboxylic acid groups (broad SMARTS) is 1. The molecule has 0 bridgehead atoms. The number of likely N-dealkylation sites (tertiary alicyclic amines) is 1. The maximum atomic E-state index is 11.8. The number of carbonyl (C=O) groups excluding carboxylic acids is 2. The lowest BCUT2D eigenvalue weighted by Gasteiger charge is -2.39. The first-order chi connectivity index (χ1) is 10.9. The molecular weight excluding hydrogens is 302 g/mol. The number of ether oxygens (including phenoxy) is 1. The lowest BCUT2D eigenvalue weighted by Crippen LogP contribution is -2.58. The van der Waals surface area contributed by atoms with Gasteiger partial charge in [0.2, 0.25) is 5.91 Å². The van der Waals surface area contributed by atoms with E-state index in [1.54, 1.807) is 4.90 Å². The molecule has 0 radical (unpaired) electrons. The van der Waals surface area contributed by atoms with E-state index in [2.05, 4.69) is 24.5 Å². The zero-order valence-corrected chi connectivity index (χ0v) is 13.8. The number of carbonyl (C=O) groups is 3. The van der Waals surface area contributed by atoms with Gasteiger partial charge in [0.15, 0.2) is 0 Å². The summed E-state index contributed by atoms with van der Waals surface area (Å²) in [6, 6.07) is -0.138. The molecule has 3 N–H and O–H groups in total. The molecule has 0 spiro atoms. The van der Waals surface area contributed by atoms with Gasteiger partial charge in [0, 0.05) is 26.1 Å². The number of aliphatic carboxylic acids is 1. The standard InChI is InChI=1S/C15H27N3O5/c1-11(2)10-23-12-8-18(9-12)15(22)17-6-3-4-13(19)16-7-5-14(20)21/h11-12H,3-10H2,1-2H3,(H,16,19)(H,17,22)(H,20,21). The molecule has 8 heteroatoms. The number of nitrogens with one attached hydrogen (secondary N) is 2. The number of hydrogen-bond acceptors (Lipinski definition) is 4. The van der Waals surface area contributed by atoms with E-state index < -0.39 is 5.97 Å². The highest BCUT2D eigenvalue weighted by Crippen LogP contribution is 2.12. The van der Waals surface area contributed by atoms with Crippen molar-refractivity contribution in [3.63, 3.8) is 0 Å². The summed E-state index contributed by atoms with van der Waals surface area (Å²) in [7, 11) is 0. The molecule has 0 aliphatic carbocycles. The van der Waals surface area contributed by atoms with Gasteiger partial charge in [-0.25, -0.2) is 4.79 Å². The van der Waals surface area contributed by atoms with Crippen molar-refractivity contribution in [3.05, 3.63) is 0 Å². The first-order valence-corrected chi connectivity index (χ1v) is 8.01. The summed E-state index contributed by atoms with van der Waals surface area (Å²) in [5.74, 6) is -0.658. The number of carboxylic acids is 1. The van der Waals surface area contributed by atoms with Crippen molar-refractivity contribution in [2.45, 2.75) is 39.2 Å². The smallest absolute Gasteiger partial charge is 0.317 e. The zero-order chi connectivity index (χ0) is 17.2. The molecule has 0 aromatic rings. The Hall–Kier alpha value is -1.83. The lowest BCUT2D eigenvalue weighted by atomic mass is 10.1. The first-order valence-electron chi connectivity index (χ1n) is 8.01. The molecular formula is C15H27N3O5. The van der Waals surface area contributed by atoms with Crippen molar-refractivity contribution in [2.24, 2.45) is 5.92 Å². The summed E-state index contributed by atoms with van der Waals surface area (Å²) < 4.78 is 5.61. The molecule has 1 aliphatic heterocycles. The number of urea groups is 1. The Labute approximate surface area is 136 Å². The Bertz CT molecular complexity index is 408. The Kier molecular flexibility index (Phi) is 8.39. The van der Waals surface area contributed by atoms with Gasteiger partial charge in [0.1, 0.15) is 0 Å². The van der Waals surface area contributed by atoms with Crippen molar-refractivity contribution in [1.82, 2.24) is 15.5 Å². The van der Waals surface area contributed by atoms with Crippen LogP contribution in [0.1, 0.15) is 33.1 Å². The third kappa shape index (κ3) is 8.39. The fourth-order valence-corrected chi connectivity index (χ4v) is 1.99. The molecule has 1 fully saturated rings. The molecule has 0 aromatic carbocycles. The Balaban J connectivity index is 1.99. The van der Waals surface area contributed by atoms with Gasteiger partial charge < -0.3 is 25.4 Å². The molecule has 0 unspecified atom stereocenters. The summed E-state index contributed by atoms with van der Waals surface area (Å²) >= 11 is 0. The molecule has 132 valence electrons. The van der Waals surface area contributed by atoms with Crippen LogP contribution in [-0.4, -0.2) is 66.8 Å². The van der Waals surface area contributed by atoms with Gasteiger partial charge in [-0.3, -0.25) is 9.59 Å². The van der Waals surface area contributed by atoms with Gasteiger partial charge in [-0.05, 0) is 12.3 Å². The predicted octanol–water partition coefficient (Wildman–Crippen LogP) is 0.424. The van der Waals surface area contributed by atoms with Gasteiger partial charge in [0.25, 0.3) is 0 Å². The van der Waals surface area contributed by atoms with Crippen LogP contribution in [0.5, 0.6) is 0 Å². The van der Waals surface area contributed by atoms with Crippen LogP contribution >= 0.6 is 0 Å². The maximum Gasteiger partial charge on any atom is 0.317 e. The van der Waals surface area contributed by atoms with Crippen LogP contribution in [0.2, 0.25) is 0 Å². The number of rotatable bonds is 10. The van der Waals surface area contributed by atoms with Gasteiger partial charge in [-0.15, -0.1) is 0 Å². The van der Waals surface area contributed by atoms with Crippen molar-refractivity contribution < 1.29 is 24.2 Å². The molecule has 1 rings (SSSR count). The van der Waals surface area contributed by atoms with E-state index >= 15 is 0 Å². The SMILES string of the molecule is CC(C)COC1CN(C(=O)NCCCC(=O)NCCC(=O)O)C1. The third-order valence-corrected chi connectivity index (χ3v) is 3.32. The normalized spacial score (nSPS) is 14.5. The highest BCUT2D eigenvalue weighted by molar-refractivity contribution is 5.77. The highest BCUT2D eigenvalue weighted by Gasteiger charge is 2.31. The maximum absolute atomic E-state index is 11.8. The van der Waals surface area contributed by atoms with Crippen LogP contribution in [0.3, 0.4) is 0 Å². The van der Waals surface area contributed by atoms with E-state index in [0.717, 1.165) is 0 Å². The average Bonchev–Trinajstić information content (AvgIpc) is 2.41. The van der Waals surface area contributed by atoms with E-state index in [1.165, 1.54) is 0 Å². The minimum Gasteiger partial charge on any atom is -0.481 e. The van der Waals surface area contributed by atoms with E-state index in [4.69, 9.17) is 9.84 Å². The number of amides is 3. The van der Waals surface area contributed by atoms with Crippen molar-refractivity contribution >= 4 is 17.9 Å². The summed E-state index contributed by atoms with van der Waals surface area (Å²) in [6.07, 6.45) is 0.826. The van der Waals surface area contributed by atoms with Crippen molar-refractivity contribution in [3.8, 4) is 0 Å². The predicted molar refractivity (Wildman–Crippen MR) is 84.0 cm³/mol. The van der Waals surface area contributed by atoms with Crippen LogP contribution in [0, 0.1) is 5.92 Å². The molecule has 8 nitrogen and oxygen atoms in total. The summed E-state index contributed by atoms with van der Waals surface area (Å²) in [4.78, 5) is 35.2. The molecule has 1 heterocycles. The highest BCUT2D eigenvalue weighted by atomic mass is 16.5. The van der Waals surface area contributed by atoms with Crippen LogP contribution in [0.4, 0.5) is 4.79 Å². The Morgan fingerprint density at radius 1 is 1.17 bits per heavy atom. The molecule has 0 atom stereocenters. The first kappa shape index (κ1) is 19.2. The molecule has 1 aliphatic rings. The van der Waals surface area contributed by atoms with E-state index in [9.17, 15) is 14.4 Å². The van der Waals surface area contributed by atoms with Crippen LogP contribution < -0.4 is 10.6 Å². The van der Waals surface area contributed by atoms with Gasteiger partial charge in [-0.1, -0.05) is 13.8 Å². The quantitative estimate of drug-likeness (QED) is 0.504. The van der Waals surface area contributed by atoms with E-state index in [-0.39, 0.29) is 37.4 Å².